The van der Waals surface area contributed by atoms with Crippen LogP contribution in [0.2, 0.25) is 10.0 Å². The average molecular weight is 709 g/mol. The molecule has 0 saturated carbocycles. The first-order valence-corrected chi connectivity index (χ1v) is 17.3. The Kier molecular flexibility index (Phi) is 14.1. The van der Waals surface area contributed by atoms with Gasteiger partial charge in [-0.25, -0.2) is 4.39 Å². The van der Waals surface area contributed by atoms with Crippen LogP contribution < -0.4 is 9.80 Å². The van der Waals surface area contributed by atoms with Crippen LogP contribution in [0, 0.1) is 5.82 Å². The second-order valence-electron chi connectivity index (χ2n) is 10.5. The van der Waals surface area contributed by atoms with Crippen molar-refractivity contribution in [1.29, 1.82) is 0 Å². The predicted octanol–water partition coefficient (Wildman–Crippen LogP) is 9.11. The molecule has 0 aliphatic carbocycles. The van der Waals surface area contributed by atoms with Crippen molar-refractivity contribution in [3.8, 4) is 0 Å². The van der Waals surface area contributed by atoms with Crippen LogP contribution in [0.15, 0.2) is 60.7 Å². The van der Waals surface area contributed by atoms with E-state index in [1.807, 2.05) is 24.3 Å². The minimum Gasteiger partial charge on any atom is -0.369 e. The summed E-state index contributed by atoms with van der Waals surface area (Å²) in [7, 11) is 0. The second-order valence-corrected chi connectivity index (χ2v) is 12.8. The lowest BCUT2D eigenvalue weighted by atomic mass is 10.0. The summed E-state index contributed by atoms with van der Waals surface area (Å²) in [6.45, 7) is 5.80. The first kappa shape index (κ1) is 34.7. The summed E-state index contributed by atoms with van der Waals surface area (Å²) in [5.41, 5.74) is 5.07. The predicted molar refractivity (Wildman–Crippen MR) is 185 cm³/mol. The highest BCUT2D eigenvalue weighted by molar-refractivity contribution is 6.32. The Labute approximate surface area is 285 Å². The highest BCUT2D eigenvalue weighted by atomic mass is 35.5. The number of rotatable bonds is 15. The topological polar surface area (TPSA) is 13.0 Å². The van der Waals surface area contributed by atoms with Crippen LogP contribution in [0.1, 0.15) is 29.3 Å². The second kappa shape index (κ2) is 17.5. The van der Waals surface area contributed by atoms with Gasteiger partial charge in [-0.1, -0.05) is 47.5 Å². The lowest BCUT2D eigenvalue weighted by molar-refractivity contribution is -0.00908. The fourth-order valence-electron chi connectivity index (χ4n) is 5.65. The molecule has 1 aliphatic rings. The molecule has 3 aromatic carbocycles. The van der Waals surface area contributed by atoms with Crippen LogP contribution in [0.4, 0.5) is 15.8 Å². The molecule has 4 rings (SSSR count). The van der Waals surface area contributed by atoms with Gasteiger partial charge in [0.2, 0.25) is 0 Å². The van der Waals surface area contributed by atoms with E-state index in [0.717, 1.165) is 47.6 Å². The zero-order valence-corrected chi connectivity index (χ0v) is 28.5. The molecule has 4 nitrogen and oxygen atoms in total. The summed E-state index contributed by atoms with van der Waals surface area (Å²) in [5, 5.41) is 1.39. The van der Waals surface area contributed by atoms with Crippen molar-refractivity contribution in [2.45, 2.75) is 25.7 Å². The molecule has 1 saturated heterocycles. The van der Waals surface area contributed by atoms with Crippen molar-refractivity contribution in [3.63, 3.8) is 0 Å². The molecular weight excluding hydrogens is 672 g/mol. The summed E-state index contributed by atoms with van der Waals surface area (Å²) >= 11 is 37.8. The zero-order valence-electron chi connectivity index (χ0n) is 24.0. The van der Waals surface area contributed by atoms with Gasteiger partial charge >= 0.3 is 0 Å². The molecule has 0 amide bonds. The molecule has 1 aliphatic heterocycles. The van der Waals surface area contributed by atoms with Crippen LogP contribution in [-0.2, 0) is 13.1 Å². The maximum atomic E-state index is 14.0. The van der Waals surface area contributed by atoms with Gasteiger partial charge in [0.25, 0.3) is 0 Å². The first-order valence-electron chi connectivity index (χ1n) is 14.4. The van der Waals surface area contributed by atoms with Gasteiger partial charge in [0.1, 0.15) is 5.82 Å². The molecule has 1 fully saturated rings. The van der Waals surface area contributed by atoms with Gasteiger partial charge in [0.05, 0.1) is 6.17 Å². The highest BCUT2D eigenvalue weighted by Crippen LogP contribution is 2.35. The van der Waals surface area contributed by atoms with E-state index in [1.54, 1.807) is 0 Å². The van der Waals surface area contributed by atoms with E-state index in [4.69, 9.17) is 69.6 Å². The fraction of sp³-hybridized carbons (Fsp3) is 0.438. The molecule has 234 valence electrons. The average Bonchev–Trinajstić information content (AvgIpc) is 3.00. The van der Waals surface area contributed by atoms with Gasteiger partial charge in [0.15, 0.2) is 0 Å². The number of hydrogen-bond acceptors (Lipinski definition) is 4. The molecule has 0 spiro atoms. The fourth-order valence-corrected chi connectivity index (χ4v) is 6.93. The Morgan fingerprint density at radius 3 is 1.42 bits per heavy atom. The van der Waals surface area contributed by atoms with Crippen molar-refractivity contribution >= 4 is 81.0 Å². The molecule has 11 heteroatoms. The standard InChI is InChI=1S/C32H37Cl6FN4/c33-10-16-40(17-11-34)28-8-4-25(30(37)20-28)22-42-14-1-15-43(32(42)24-2-6-27(39)7-3-24)23-26-5-9-29(21-31(26)38)41(18-12-35)19-13-36/h2-9,20-21,32H,1,10-19,22-23H2. The summed E-state index contributed by atoms with van der Waals surface area (Å²) in [6.07, 6.45) is 0.885. The van der Waals surface area contributed by atoms with E-state index in [9.17, 15) is 4.39 Å². The third kappa shape index (κ3) is 9.43. The summed E-state index contributed by atoms with van der Waals surface area (Å²) in [6, 6.07) is 19.1. The van der Waals surface area contributed by atoms with E-state index < -0.39 is 0 Å². The maximum Gasteiger partial charge on any atom is 0.123 e. The summed E-state index contributed by atoms with van der Waals surface area (Å²) in [5.74, 6) is 1.76. The van der Waals surface area contributed by atoms with Crippen molar-refractivity contribution in [2.75, 3.05) is 72.6 Å². The van der Waals surface area contributed by atoms with Crippen molar-refractivity contribution in [3.05, 3.63) is 93.2 Å². The summed E-state index contributed by atoms with van der Waals surface area (Å²) < 4.78 is 14.0. The van der Waals surface area contributed by atoms with E-state index in [0.29, 0.717) is 72.8 Å². The monoisotopic (exact) mass is 706 g/mol. The normalized spacial score (nSPS) is 14.8. The Balaban J connectivity index is 1.60. The number of hydrogen-bond donors (Lipinski definition) is 0. The summed E-state index contributed by atoms with van der Waals surface area (Å²) in [4.78, 5) is 9.08. The Hall–Kier alpha value is -1.15. The molecule has 1 heterocycles. The molecule has 0 radical (unpaired) electrons. The smallest absolute Gasteiger partial charge is 0.123 e. The molecule has 43 heavy (non-hydrogen) atoms. The van der Waals surface area contributed by atoms with Crippen LogP contribution >= 0.6 is 69.6 Å². The lowest BCUT2D eigenvalue weighted by Gasteiger charge is -2.44. The largest absolute Gasteiger partial charge is 0.369 e. The quantitative estimate of drug-likeness (QED) is 0.146. The number of anilines is 2. The van der Waals surface area contributed by atoms with Gasteiger partial charge in [-0.3, -0.25) is 9.80 Å². The molecule has 0 unspecified atom stereocenters. The SMILES string of the molecule is Fc1ccc(C2N(Cc3ccc(N(CCCl)CCCl)cc3Cl)CCCN2Cc2ccc(N(CCCl)CCCl)cc2Cl)cc1. The van der Waals surface area contributed by atoms with Crippen LogP contribution in [-0.4, -0.2) is 72.6 Å². The Morgan fingerprint density at radius 1 is 0.628 bits per heavy atom. The van der Waals surface area contributed by atoms with E-state index in [1.165, 1.54) is 12.1 Å². The lowest BCUT2D eigenvalue weighted by Crippen LogP contribution is -2.47. The molecule has 0 N–H and O–H groups in total. The van der Waals surface area contributed by atoms with Crippen LogP contribution in [0.3, 0.4) is 0 Å². The molecule has 0 aromatic heterocycles. The van der Waals surface area contributed by atoms with E-state index in [2.05, 4.69) is 43.9 Å². The number of halogens is 7. The zero-order chi connectivity index (χ0) is 30.8. The third-order valence-corrected chi connectivity index (χ3v) is 9.10. The van der Waals surface area contributed by atoms with Gasteiger partial charge in [0, 0.05) is 97.3 Å². The minimum absolute atomic E-state index is 0.0890. The minimum atomic E-state index is -0.258. The Morgan fingerprint density at radius 2 is 1.05 bits per heavy atom. The van der Waals surface area contributed by atoms with Gasteiger partial charge in [-0.2, -0.15) is 0 Å². The maximum absolute atomic E-state index is 14.0. The van der Waals surface area contributed by atoms with Crippen molar-refractivity contribution < 1.29 is 4.39 Å². The van der Waals surface area contributed by atoms with Gasteiger partial charge in [-0.05, 0) is 59.5 Å². The highest BCUT2D eigenvalue weighted by Gasteiger charge is 2.31. The molecular formula is C32H37Cl6FN4. The Bertz CT molecular complexity index is 1210. The van der Waals surface area contributed by atoms with Gasteiger partial charge in [-0.15, -0.1) is 46.4 Å². The van der Waals surface area contributed by atoms with Crippen molar-refractivity contribution in [2.24, 2.45) is 0 Å². The third-order valence-electron chi connectivity index (χ3n) is 7.72. The van der Waals surface area contributed by atoms with E-state index in [-0.39, 0.29) is 12.0 Å². The molecule has 3 aromatic rings. The molecule has 0 atom stereocenters. The van der Waals surface area contributed by atoms with Crippen LogP contribution in [0.25, 0.3) is 0 Å². The first-order chi connectivity index (χ1) is 20.9. The van der Waals surface area contributed by atoms with Crippen LogP contribution in [0.5, 0.6) is 0 Å². The van der Waals surface area contributed by atoms with E-state index >= 15 is 0 Å². The van der Waals surface area contributed by atoms with Crippen molar-refractivity contribution in [1.82, 2.24) is 9.80 Å². The van der Waals surface area contributed by atoms with Gasteiger partial charge < -0.3 is 9.80 Å². The molecule has 0 bridgehead atoms. The number of nitrogens with zero attached hydrogens (tertiary/aromatic N) is 4. The number of alkyl halides is 4. The number of benzene rings is 3.